The summed E-state index contributed by atoms with van der Waals surface area (Å²) in [6.07, 6.45) is 0. The van der Waals surface area contributed by atoms with Gasteiger partial charge in [0.15, 0.2) is 0 Å². The molecule has 0 unspecified atom stereocenters. The van der Waals surface area contributed by atoms with Gasteiger partial charge in [-0.1, -0.05) is 92.7 Å². The molecule has 2 nitrogen and oxygen atoms in total. The lowest BCUT2D eigenvalue weighted by Gasteiger charge is -2.42. The first kappa shape index (κ1) is 20.0. The molecule has 2 aliphatic heterocycles. The van der Waals surface area contributed by atoms with Crippen LogP contribution < -0.4 is 15.7 Å². The molecule has 8 rings (SSSR count). The van der Waals surface area contributed by atoms with Gasteiger partial charge in [-0.05, 0) is 58.3 Å². The Hall–Kier alpha value is -4.24. The zero-order chi connectivity index (χ0) is 24.0. The summed E-state index contributed by atoms with van der Waals surface area (Å²) in [4.78, 5) is 2.56. The molecule has 0 amide bonds. The van der Waals surface area contributed by atoms with E-state index in [0.717, 1.165) is 0 Å². The Morgan fingerprint density at radius 2 is 1.36 bits per heavy atom. The smallest absolute Gasteiger partial charge is 0.333 e. The van der Waals surface area contributed by atoms with Crippen LogP contribution >= 0.6 is 0 Å². The normalized spacial score (nSPS) is 13.4. The molecule has 0 N–H and O–H groups in total. The van der Waals surface area contributed by atoms with Crippen LogP contribution in [0.4, 0.5) is 11.4 Å². The Bertz CT molecular complexity index is 1830. The lowest BCUT2D eigenvalue weighted by molar-refractivity contribution is 0.877. The van der Waals surface area contributed by atoms with Crippen molar-refractivity contribution in [2.24, 2.45) is 0 Å². The molecule has 2 aliphatic rings. The molecule has 0 atom stereocenters. The van der Waals surface area contributed by atoms with E-state index in [0.29, 0.717) is 5.92 Å². The molecule has 5 aromatic carbocycles. The second-order valence-corrected chi connectivity index (χ2v) is 10.3. The van der Waals surface area contributed by atoms with Gasteiger partial charge in [0.05, 0.1) is 11.0 Å². The van der Waals surface area contributed by atoms with E-state index in [2.05, 4.69) is 132 Å². The predicted octanol–water partition coefficient (Wildman–Crippen LogP) is 7.14. The summed E-state index contributed by atoms with van der Waals surface area (Å²) in [6.45, 7) is 4.76. The number of para-hydroxylation sites is 4. The highest BCUT2D eigenvalue weighted by Crippen LogP contribution is 2.46. The molecular weight excluding hydrogens is 435 g/mol. The van der Waals surface area contributed by atoms with E-state index in [1.807, 2.05) is 0 Å². The molecule has 3 heterocycles. The van der Waals surface area contributed by atoms with Gasteiger partial charge in [0.25, 0.3) is 0 Å². The first-order chi connectivity index (χ1) is 17.7. The maximum atomic E-state index is 2.56. The van der Waals surface area contributed by atoms with E-state index < -0.39 is 0 Å². The van der Waals surface area contributed by atoms with Crippen molar-refractivity contribution in [2.45, 2.75) is 19.8 Å². The Labute approximate surface area is 211 Å². The third-order valence-electron chi connectivity index (χ3n) is 8.12. The van der Waals surface area contributed by atoms with E-state index in [9.17, 15) is 0 Å². The summed E-state index contributed by atoms with van der Waals surface area (Å²) >= 11 is 0. The molecule has 0 aliphatic carbocycles. The van der Waals surface area contributed by atoms with Gasteiger partial charge in [-0.3, -0.25) is 0 Å². The van der Waals surface area contributed by atoms with Gasteiger partial charge in [0.1, 0.15) is 0 Å². The van der Waals surface area contributed by atoms with Crippen LogP contribution in [0.15, 0.2) is 109 Å². The maximum Gasteiger partial charge on any atom is 0.333 e. The molecule has 6 aromatic rings. The average molecular weight is 460 g/mol. The van der Waals surface area contributed by atoms with Gasteiger partial charge in [0, 0.05) is 33.4 Å². The van der Waals surface area contributed by atoms with Crippen LogP contribution in [0, 0.1) is 0 Å². The molecule has 0 saturated carbocycles. The highest BCUT2D eigenvalue weighted by atomic mass is 15.1. The number of fused-ring (bicyclic) bond motifs is 8. The summed E-state index contributed by atoms with van der Waals surface area (Å²) in [5, 5.41) is 2.76. The van der Waals surface area contributed by atoms with Crippen LogP contribution in [0.1, 0.15) is 25.3 Å². The Kier molecular flexibility index (Phi) is 3.97. The molecule has 0 spiro atoms. The number of aromatic nitrogens is 1. The summed E-state index contributed by atoms with van der Waals surface area (Å²) in [7, 11) is 0. The van der Waals surface area contributed by atoms with Gasteiger partial charge < -0.3 is 9.38 Å². The van der Waals surface area contributed by atoms with Crippen LogP contribution in [0.5, 0.6) is 0 Å². The second kappa shape index (κ2) is 7.14. The zero-order valence-corrected chi connectivity index (χ0v) is 20.4. The average Bonchev–Trinajstić information content (AvgIpc) is 3.28. The molecule has 0 bridgehead atoms. The third-order valence-corrected chi connectivity index (χ3v) is 8.12. The van der Waals surface area contributed by atoms with Crippen LogP contribution in [-0.4, -0.2) is 11.4 Å². The fraction of sp³-hybridized carbons (Fsp3) is 0.0909. The highest BCUT2D eigenvalue weighted by molar-refractivity contribution is 6.93. The first-order valence-electron chi connectivity index (χ1n) is 12.9. The van der Waals surface area contributed by atoms with E-state index in [4.69, 9.17) is 0 Å². The van der Waals surface area contributed by atoms with Crippen LogP contribution in [0.3, 0.4) is 0 Å². The monoisotopic (exact) mass is 460 g/mol. The molecule has 1 aromatic heterocycles. The van der Waals surface area contributed by atoms with Crippen LogP contribution in [-0.2, 0) is 0 Å². The number of benzene rings is 5. The third kappa shape index (κ3) is 2.43. The highest BCUT2D eigenvalue weighted by Gasteiger charge is 2.44. The van der Waals surface area contributed by atoms with E-state index >= 15 is 0 Å². The summed E-state index contributed by atoms with van der Waals surface area (Å²) in [5.74, 6) is 0.421. The summed E-state index contributed by atoms with van der Waals surface area (Å²) < 4.78 is 2.54. The van der Waals surface area contributed by atoms with Gasteiger partial charge in [-0.25, -0.2) is 0 Å². The number of nitrogens with zero attached hydrogens (tertiary/aromatic N) is 2. The van der Waals surface area contributed by atoms with Crippen molar-refractivity contribution in [3.8, 4) is 16.8 Å². The number of hydrogen-bond donors (Lipinski definition) is 0. The van der Waals surface area contributed by atoms with Crippen molar-refractivity contribution in [1.82, 2.24) is 4.57 Å². The van der Waals surface area contributed by atoms with Crippen molar-refractivity contribution in [2.75, 3.05) is 4.81 Å². The van der Waals surface area contributed by atoms with Gasteiger partial charge in [0.2, 0.25) is 0 Å². The zero-order valence-electron chi connectivity index (χ0n) is 20.4. The molecule has 36 heavy (non-hydrogen) atoms. The minimum absolute atomic E-state index is 0.106. The van der Waals surface area contributed by atoms with E-state index in [1.54, 1.807) is 0 Å². The largest absolute Gasteiger partial charge is 0.376 e. The molecule has 3 heteroatoms. The molecular formula is C33H25BN2. The molecule has 0 saturated heterocycles. The molecule has 0 radical (unpaired) electrons. The lowest BCUT2D eigenvalue weighted by atomic mass is 9.44. The fourth-order valence-corrected chi connectivity index (χ4v) is 6.70. The lowest BCUT2D eigenvalue weighted by Crippen LogP contribution is -2.60. The van der Waals surface area contributed by atoms with Gasteiger partial charge in [-0.2, -0.15) is 0 Å². The fourth-order valence-electron chi connectivity index (χ4n) is 6.70. The number of anilines is 2. The quantitative estimate of drug-likeness (QED) is 0.249. The van der Waals surface area contributed by atoms with Crippen molar-refractivity contribution in [3.05, 3.63) is 115 Å². The number of rotatable bonds is 2. The van der Waals surface area contributed by atoms with Crippen molar-refractivity contribution >= 4 is 51.0 Å². The van der Waals surface area contributed by atoms with Crippen LogP contribution in [0.25, 0.3) is 38.6 Å². The standard InChI is InChI=1S/C33H25BN2/c1-21(2)25-20-26-23-14-6-10-18-29(23)36(22-12-4-3-5-13-22)34-27-16-8-11-19-30(27)35-28-17-9-7-15-24(28)31(25)33(35)32(26)34/h3-21H,1-2H3. The van der Waals surface area contributed by atoms with E-state index in [-0.39, 0.29) is 6.85 Å². The number of hydrogen-bond acceptors (Lipinski definition) is 1. The Balaban J connectivity index is 1.65. The van der Waals surface area contributed by atoms with Gasteiger partial charge in [-0.15, -0.1) is 0 Å². The predicted molar refractivity (Wildman–Crippen MR) is 154 cm³/mol. The maximum absolute atomic E-state index is 2.56. The van der Waals surface area contributed by atoms with Crippen molar-refractivity contribution < 1.29 is 0 Å². The van der Waals surface area contributed by atoms with Crippen molar-refractivity contribution in [3.63, 3.8) is 0 Å². The summed E-state index contributed by atoms with van der Waals surface area (Å²) in [6, 6.07) is 40.3. The van der Waals surface area contributed by atoms with Crippen LogP contribution in [0.2, 0.25) is 0 Å². The first-order valence-corrected chi connectivity index (χ1v) is 12.9. The van der Waals surface area contributed by atoms with Crippen molar-refractivity contribution in [1.29, 1.82) is 0 Å². The Morgan fingerprint density at radius 3 is 2.19 bits per heavy atom. The SMILES string of the molecule is CC(C)c1cc2c3c4c1c1ccccc1n4-c1ccccc1B3N(c1ccccc1)c1ccccc1-2. The minimum atomic E-state index is 0.106. The molecule has 0 fully saturated rings. The Morgan fingerprint density at radius 1 is 0.667 bits per heavy atom. The second-order valence-electron chi connectivity index (χ2n) is 10.3. The summed E-state index contributed by atoms with van der Waals surface area (Å²) in [5.41, 5.74) is 13.3. The van der Waals surface area contributed by atoms with Gasteiger partial charge >= 0.3 is 6.85 Å². The molecule has 170 valence electrons. The topological polar surface area (TPSA) is 8.17 Å². The van der Waals surface area contributed by atoms with E-state index in [1.165, 1.54) is 66.5 Å². The minimum Gasteiger partial charge on any atom is -0.376 e.